The maximum atomic E-state index is 4.25. The molecule has 82 valence electrons. The lowest BCUT2D eigenvalue weighted by atomic mass is 9.89. The van der Waals surface area contributed by atoms with Crippen LogP contribution < -0.4 is 0 Å². The average molecular weight is 220 g/mol. The zero-order chi connectivity index (χ0) is 10.5. The third-order valence-electron chi connectivity index (χ3n) is 3.29. The summed E-state index contributed by atoms with van der Waals surface area (Å²) in [5.41, 5.74) is 4.74. The van der Waals surface area contributed by atoms with E-state index in [1.54, 1.807) is 11.1 Å². The maximum absolute atomic E-state index is 4.25. The third kappa shape index (κ3) is 3.01. The van der Waals surface area contributed by atoms with Crippen LogP contribution >= 0.6 is 12.6 Å². The number of rotatable bonds is 4. The van der Waals surface area contributed by atoms with Gasteiger partial charge in [0, 0.05) is 0 Å². The third-order valence-corrected chi connectivity index (χ3v) is 3.60. The van der Waals surface area contributed by atoms with Crippen molar-refractivity contribution in [2.24, 2.45) is 0 Å². The summed E-state index contributed by atoms with van der Waals surface area (Å²) < 4.78 is 0. The number of thiol groups is 1. The molecule has 0 atom stereocenters. The maximum Gasteiger partial charge on any atom is -0.00978 e. The fraction of sp³-hybridized carbons (Fsp3) is 0.571. The van der Waals surface area contributed by atoms with E-state index in [-0.39, 0.29) is 0 Å². The second-order valence-electron chi connectivity index (χ2n) is 4.49. The van der Waals surface area contributed by atoms with E-state index in [0.717, 1.165) is 5.75 Å². The zero-order valence-electron chi connectivity index (χ0n) is 9.34. The number of unbranched alkanes of at least 4 members (excludes halogenated alkanes) is 1. The summed E-state index contributed by atoms with van der Waals surface area (Å²) in [6.45, 7) is 0. The van der Waals surface area contributed by atoms with Gasteiger partial charge in [-0.25, -0.2) is 0 Å². The van der Waals surface area contributed by atoms with Gasteiger partial charge in [0.2, 0.25) is 0 Å². The SMILES string of the molecule is SCCCCc1ccc2c(c1)CCCC2. The van der Waals surface area contributed by atoms with E-state index in [1.807, 2.05) is 0 Å². The Balaban J connectivity index is 2.00. The average Bonchev–Trinajstić information content (AvgIpc) is 2.29. The first kappa shape index (κ1) is 11.1. The Hall–Kier alpha value is -0.430. The van der Waals surface area contributed by atoms with Crippen molar-refractivity contribution in [2.45, 2.75) is 44.9 Å². The predicted molar refractivity (Wildman–Crippen MR) is 69.9 cm³/mol. The first-order chi connectivity index (χ1) is 7.40. The Bertz CT molecular complexity index is 317. The first-order valence-electron chi connectivity index (χ1n) is 6.11. The van der Waals surface area contributed by atoms with E-state index in [0.29, 0.717) is 0 Å². The van der Waals surface area contributed by atoms with Gasteiger partial charge in [0.1, 0.15) is 0 Å². The van der Waals surface area contributed by atoms with Crippen LogP contribution in [0.15, 0.2) is 18.2 Å². The van der Waals surface area contributed by atoms with Crippen molar-refractivity contribution in [2.75, 3.05) is 5.75 Å². The molecule has 0 bridgehead atoms. The van der Waals surface area contributed by atoms with Crippen LogP contribution in [0.3, 0.4) is 0 Å². The molecule has 0 aliphatic heterocycles. The van der Waals surface area contributed by atoms with Crippen molar-refractivity contribution in [3.8, 4) is 0 Å². The van der Waals surface area contributed by atoms with Gasteiger partial charge >= 0.3 is 0 Å². The van der Waals surface area contributed by atoms with E-state index < -0.39 is 0 Å². The monoisotopic (exact) mass is 220 g/mol. The summed E-state index contributed by atoms with van der Waals surface area (Å²) in [6.07, 6.45) is 9.11. The standard InChI is InChI=1S/C14H20S/c15-10-4-3-5-12-8-9-13-6-1-2-7-14(13)11-12/h8-9,11,15H,1-7,10H2. The molecule has 0 spiro atoms. The molecule has 0 aromatic heterocycles. The van der Waals surface area contributed by atoms with Gasteiger partial charge in [0.25, 0.3) is 0 Å². The van der Waals surface area contributed by atoms with Crippen molar-refractivity contribution in [1.82, 2.24) is 0 Å². The second kappa shape index (κ2) is 5.60. The van der Waals surface area contributed by atoms with Gasteiger partial charge in [0.05, 0.1) is 0 Å². The van der Waals surface area contributed by atoms with Crippen molar-refractivity contribution >= 4 is 12.6 Å². The minimum Gasteiger partial charge on any atom is -0.179 e. The molecule has 0 N–H and O–H groups in total. The van der Waals surface area contributed by atoms with Gasteiger partial charge in [-0.05, 0) is 67.4 Å². The Morgan fingerprint density at radius 1 is 1.00 bits per heavy atom. The molecule has 0 heterocycles. The number of hydrogen-bond donors (Lipinski definition) is 1. The lowest BCUT2D eigenvalue weighted by Crippen LogP contribution is -2.03. The molecule has 1 aromatic rings. The summed E-state index contributed by atoms with van der Waals surface area (Å²) >= 11 is 4.25. The highest BCUT2D eigenvalue weighted by atomic mass is 32.1. The Morgan fingerprint density at radius 3 is 2.60 bits per heavy atom. The molecule has 0 nitrogen and oxygen atoms in total. The van der Waals surface area contributed by atoms with Gasteiger partial charge in [-0.1, -0.05) is 18.2 Å². The highest BCUT2D eigenvalue weighted by molar-refractivity contribution is 7.80. The predicted octanol–water partition coefficient (Wildman–Crippen LogP) is 3.82. The molecule has 1 aromatic carbocycles. The van der Waals surface area contributed by atoms with Crippen molar-refractivity contribution < 1.29 is 0 Å². The van der Waals surface area contributed by atoms with E-state index in [1.165, 1.54) is 50.5 Å². The number of benzene rings is 1. The summed E-state index contributed by atoms with van der Waals surface area (Å²) in [7, 11) is 0. The summed E-state index contributed by atoms with van der Waals surface area (Å²) in [6, 6.07) is 7.11. The lowest BCUT2D eigenvalue weighted by molar-refractivity contribution is 0.683. The Morgan fingerprint density at radius 2 is 1.80 bits per heavy atom. The Labute approximate surface area is 98.5 Å². The molecule has 1 aliphatic carbocycles. The molecule has 0 amide bonds. The van der Waals surface area contributed by atoms with Crippen LogP contribution in [0.2, 0.25) is 0 Å². The van der Waals surface area contributed by atoms with Crippen LogP contribution in [0.4, 0.5) is 0 Å². The summed E-state index contributed by atoms with van der Waals surface area (Å²) in [4.78, 5) is 0. The Kier molecular flexibility index (Phi) is 4.13. The molecule has 15 heavy (non-hydrogen) atoms. The summed E-state index contributed by atoms with van der Waals surface area (Å²) in [5, 5.41) is 0. The van der Waals surface area contributed by atoms with Crippen LogP contribution in [0.25, 0.3) is 0 Å². The summed E-state index contributed by atoms with van der Waals surface area (Å²) in [5.74, 6) is 1.02. The van der Waals surface area contributed by atoms with Gasteiger partial charge < -0.3 is 0 Å². The molecule has 0 saturated heterocycles. The normalized spacial score (nSPS) is 15.0. The fourth-order valence-corrected chi connectivity index (χ4v) is 2.61. The van der Waals surface area contributed by atoms with E-state index in [9.17, 15) is 0 Å². The minimum absolute atomic E-state index is 1.02. The number of fused-ring (bicyclic) bond motifs is 1. The van der Waals surface area contributed by atoms with Crippen molar-refractivity contribution in [3.63, 3.8) is 0 Å². The number of hydrogen-bond acceptors (Lipinski definition) is 1. The molecule has 0 fully saturated rings. The van der Waals surface area contributed by atoms with Crippen molar-refractivity contribution in [1.29, 1.82) is 0 Å². The van der Waals surface area contributed by atoms with Crippen LogP contribution in [-0.2, 0) is 19.3 Å². The zero-order valence-corrected chi connectivity index (χ0v) is 10.2. The van der Waals surface area contributed by atoms with Gasteiger partial charge in [0.15, 0.2) is 0 Å². The van der Waals surface area contributed by atoms with Crippen LogP contribution in [0.5, 0.6) is 0 Å². The van der Waals surface area contributed by atoms with Crippen molar-refractivity contribution in [3.05, 3.63) is 34.9 Å². The molecular weight excluding hydrogens is 200 g/mol. The van der Waals surface area contributed by atoms with E-state index >= 15 is 0 Å². The topological polar surface area (TPSA) is 0 Å². The van der Waals surface area contributed by atoms with Crippen LogP contribution in [0.1, 0.15) is 42.4 Å². The molecule has 0 radical (unpaired) electrons. The largest absolute Gasteiger partial charge is 0.179 e. The molecule has 2 rings (SSSR count). The molecular formula is C14H20S. The second-order valence-corrected chi connectivity index (χ2v) is 4.94. The van der Waals surface area contributed by atoms with Gasteiger partial charge in [-0.3, -0.25) is 0 Å². The highest BCUT2D eigenvalue weighted by Gasteiger charge is 2.08. The minimum atomic E-state index is 1.02. The molecule has 1 heteroatoms. The quantitative estimate of drug-likeness (QED) is 0.579. The molecule has 1 aliphatic rings. The fourth-order valence-electron chi connectivity index (χ4n) is 2.38. The van der Waals surface area contributed by atoms with Gasteiger partial charge in [-0.15, -0.1) is 0 Å². The van der Waals surface area contributed by atoms with Gasteiger partial charge in [-0.2, -0.15) is 12.6 Å². The van der Waals surface area contributed by atoms with Crippen LogP contribution in [0, 0.1) is 0 Å². The molecule has 0 unspecified atom stereocenters. The van der Waals surface area contributed by atoms with E-state index in [4.69, 9.17) is 0 Å². The highest BCUT2D eigenvalue weighted by Crippen LogP contribution is 2.22. The smallest absolute Gasteiger partial charge is 0.00978 e. The number of aryl methyl sites for hydroxylation is 3. The molecule has 0 saturated carbocycles. The van der Waals surface area contributed by atoms with E-state index in [2.05, 4.69) is 30.8 Å². The first-order valence-corrected chi connectivity index (χ1v) is 6.75. The van der Waals surface area contributed by atoms with Crippen LogP contribution in [-0.4, -0.2) is 5.75 Å². The lowest BCUT2D eigenvalue weighted by Gasteiger charge is -2.16.